The number of nitrogens with zero attached hydrogens (tertiary/aromatic N) is 2. The third-order valence-electron chi connectivity index (χ3n) is 4.82. The molecule has 0 aliphatic carbocycles. The van der Waals surface area contributed by atoms with Gasteiger partial charge in [0.1, 0.15) is 5.82 Å². The number of hydrogen-bond acceptors (Lipinski definition) is 3. The third-order valence-corrected chi connectivity index (χ3v) is 4.82. The maximum Gasteiger partial charge on any atom is 0.256 e. The summed E-state index contributed by atoms with van der Waals surface area (Å²) >= 11 is 0. The van der Waals surface area contributed by atoms with E-state index in [1.807, 2.05) is 4.90 Å². The lowest BCUT2D eigenvalue weighted by atomic mass is 10.1. The SMILES string of the molecule is CC(C(=O)Nc1ccc(F)c(F)c1)N1CCN(C(=O)c2ccccc2F)CC1. The molecular formula is C20H20F3N3O2. The van der Waals surface area contributed by atoms with E-state index in [2.05, 4.69) is 5.32 Å². The quantitative estimate of drug-likeness (QED) is 0.872. The molecular weight excluding hydrogens is 371 g/mol. The predicted octanol–water partition coefficient (Wildman–Crippen LogP) is 2.89. The fourth-order valence-electron chi connectivity index (χ4n) is 3.10. The van der Waals surface area contributed by atoms with Crippen LogP contribution in [0.15, 0.2) is 42.5 Å². The molecule has 0 radical (unpaired) electrons. The Bertz CT molecular complexity index is 883. The average molecular weight is 391 g/mol. The number of carbonyl (C=O) groups is 2. The standard InChI is InChI=1S/C20H20F3N3O2/c1-13(19(27)24-14-6-7-17(22)18(23)12-14)25-8-10-26(11-9-25)20(28)15-4-2-3-5-16(15)21/h2-7,12-13H,8-11H2,1H3,(H,24,27). The summed E-state index contributed by atoms with van der Waals surface area (Å²) in [7, 11) is 0. The molecule has 0 spiro atoms. The molecule has 1 atom stereocenters. The molecule has 148 valence electrons. The van der Waals surface area contributed by atoms with Crippen LogP contribution in [0.3, 0.4) is 0 Å². The largest absolute Gasteiger partial charge is 0.336 e. The Kier molecular flexibility index (Phi) is 5.99. The van der Waals surface area contributed by atoms with Crippen molar-refractivity contribution in [2.75, 3.05) is 31.5 Å². The van der Waals surface area contributed by atoms with Gasteiger partial charge in [-0.05, 0) is 31.2 Å². The van der Waals surface area contributed by atoms with Gasteiger partial charge in [-0.3, -0.25) is 14.5 Å². The van der Waals surface area contributed by atoms with Gasteiger partial charge in [-0.2, -0.15) is 0 Å². The van der Waals surface area contributed by atoms with Crippen molar-refractivity contribution in [1.29, 1.82) is 0 Å². The highest BCUT2D eigenvalue weighted by Gasteiger charge is 2.28. The fourth-order valence-corrected chi connectivity index (χ4v) is 3.10. The second-order valence-electron chi connectivity index (χ2n) is 6.60. The number of piperazine rings is 1. The smallest absolute Gasteiger partial charge is 0.256 e. The van der Waals surface area contributed by atoms with E-state index in [9.17, 15) is 22.8 Å². The van der Waals surface area contributed by atoms with Gasteiger partial charge in [-0.1, -0.05) is 12.1 Å². The first-order valence-corrected chi connectivity index (χ1v) is 8.90. The number of nitrogens with one attached hydrogen (secondary N) is 1. The van der Waals surface area contributed by atoms with Crippen molar-refractivity contribution in [1.82, 2.24) is 9.80 Å². The number of amides is 2. The molecule has 1 aliphatic rings. The highest BCUT2D eigenvalue weighted by Crippen LogP contribution is 2.16. The Morgan fingerprint density at radius 3 is 2.25 bits per heavy atom. The maximum atomic E-state index is 13.8. The van der Waals surface area contributed by atoms with Gasteiger partial charge in [0.15, 0.2) is 11.6 Å². The first-order valence-electron chi connectivity index (χ1n) is 8.90. The molecule has 0 saturated carbocycles. The summed E-state index contributed by atoms with van der Waals surface area (Å²) in [5.41, 5.74) is 0.198. The van der Waals surface area contributed by atoms with Crippen molar-refractivity contribution >= 4 is 17.5 Å². The van der Waals surface area contributed by atoms with E-state index in [1.54, 1.807) is 17.9 Å². The first kappa shape index (κ1) is 19.9. The lowest BCUT2D eigenvalue weighted by Crippen LogP contribution is -2.54. The number of halogens is 3. The minimum absolute atomic E-state index is 0.0278. The zero-order valence-electron chi connectivity index (χ0n) is 15.3. The van der Waals surface area contributed by atoms with E-state index in [4.69, 9.17) is 0 Å². The van der Waals surface area contributed by atoms with Gasteiger partial charge in [0.05, 0.1) is 11.6 Å². The summed E-state index contributed by atoms with van der Waals surface area (Å²) in [5, 5.41) is 2.56. The predicted molar refractivity (Wildman–Crippen MR) is 98.3 cm³/mol. The van der Waals surface area contributed by atoms with Crippen molar-refractivity contribution in [3.8, 4) is 0 Å². The molecule has 0 bridgehead atoms. The van der Waals surface area contributed by atoms with Crippen LogP contribution in [0.5, 0.6) is 0 Å². The minimum atomic E-state index is -1.04. The summed E-state index contributed by atoms with van der Waals surface area (Å²) in [6, 6.07) is 8.45. The second-order valence-corrected chi connectivity index (χ2v) is 6.60. The number of anilines is 1. The number of hydrogen-bond donors (Lipinski definition) is 1. The molecule has 1 heterocycles. The molecule has 5 nitrogen and oxygen atoms in total. The fraction of sp³-hybridized carbons (Fsp3) is 0.300. The summed E-state index contributed by atoms with van der Waals surface area (Å²) < 4.78 is 40.1. The van der Waals surface area contributed by atoms with Crippen molar-refractivity contribution in [3.05, 3.63) is 65.5 Å². The monoisotopic (exact) mass is 391 g/mol. The maximum absolute atomic E-state index is 13.8. The molecule has 2 aromatic carbocycles. The molecule has 0 aromatic heterocycles. The van der Waals surface area contributed by atoms with E-state index in [0.717, 1.165) is 12.1 Å². The molecule has 1 unspecified atom stereocenters. The molecule has 2 aromatic rings. The van der Waals surface area contributed by atoms with E-state index in [0.29, 0.717) is 26.2 Å². The molecule has 28 heavy (non-hydrogen) atoms. The normalized spacial score (nSPS) is 15.9. The van der Waals surface area contributed by atoms with Crippen LogP contribution in [-0.4, -0.2) is 53.8 Å². The Hall–Kier alpha value is -2.87. The summed E-state index contributed by atoms with van der Waals surface area (Å²) in [5.74, 6) is -3.32. The van der Waals surface area contributed by atoms with Crippen LogP contribution in [0.4, 0.5) is 18.9 Å². The van der Waals surface area contributed by atoms with Gasteiger partial charge >= 0.3 is 0 Å². The van der Waals surface area contributed by atoms with E-state index < -0.39 is 23.5 Å². The Labute approximate surface area is 160 Å². The summed E-state index contributed by atoms with van der Waals surface area (Å²) in [4.78, 5) is 28.3. The molecule has 2 amide bonds. The Balaban J connectivity index is 1.56. The van der Waals surface area contributed by atoms with Gasteiger partial charge in [0.2, 0.25) is 5.91 Å². The van der Waals surface area contributed by atoms with Crippen LogP contribution in [-0.2, 0) is 4.79 Å². The molecule has 1 saturated heterocycles. The van der Waals surface area contributed by atoms with Crippen LogP contribution in [0.1, 0.15) is 17.3 Å². The van der Waals surface area contributed by atoms with Gasteiger partial charge in [-0.25, -0.2) is 13.2 Å². The minimum Gasteiger partial charge on any atom is -0.336 e. The van der Waals surface area contributed by atoms with Gasteiger partial charge < -0.3 is 10.2 Å². The van der Waals surface area contributed by atoms with Gasteiger partial charge in [0.25, 0.3) is 5.91 Å². The number of rotatable bonds is 4. The zero-order chi connectivity index (χ0) is 20.3. The van der Waals surface area contributed by atoms with Crippen molar-refractivity contribution in [3.63, 3.8) is 0 Å². The lowest BCUT2D eigenvalue weighted by Gasteiger charge is -2.37. The van der Waals surface area contributed by atoms with Crippen LogP contribution in [0.25, 0.3) is 0 Å². The van der Waals surface area contributed by atoms with E-state index in [-0.39, 0.29) is 23.1 Å². The second kappa shape index (κ2) is 8.43. The van der Waals surface area contributed by atoms with E-state index in [1.165, 1.54) is 24.3 Å². The lowest BCUT2D eigenvalue weighted by molar-refractivity contribution is -0.121. The third kappa shape index (κ3) is 4.33. The van der Waals surface area contributed by atoms with Crippen LogP contribution in [0.2, 0.25) is 0 Å². The van der Waals surface area contributed by atoms with E-state index >= 15 is 0 Å². The van der Waals surface area contributed by atoms with Crippen LogP contribution < -0.4 is 5.32 Å². The number of carbonyl (C=O) groups excluding carboxylic acids is 2. The highest BCUT2D eigenvalue weighted by molar-refractivity contribution is 5.95. The summed E-state index contributed by atoms with van der Waals surface area (Å²) in [6.45, 7) is 3.29. The molecule has 1 fully saturated rings. The topological polar surface area (TPSA) is 52.7 Å². The first-order chi connectivity index (χ1) is 13.4. The molecule has 8 heteroatoms. The number of benzene rings is 2. The Morgan fingerprint density at radius 2 is 1.61 bits per heavy atom. The van der Waals surface area contributed by atoms with Crippen molar-refractivity contribution in [2.24, 2.45) is 0 Å². The molecule has 1 N–H and O–H groups in total. The van der Waals surface area contributed by atoms with Gasteiger partial charge in [0, 0.05) is 37.9 Å². The highest BCUT2D eigenvalue weighted by atomic mass is 19.2. The molecule has 3 rings (SSSR count). The van der Waals surface area contributed by atoms with Crippen LogP contribution >= 0.6 is 0 Å². The van der Waals surface area contributed by atoms with Crippen LogP contribution in [0, 0.1) is 17.5 Å². The Morgan fingerprint density at radius 1 is 0.929 bits per heavy atom. The van der Waals surface area contributed by atoms with Crippen molar-refractivity contribution in [2.45, 2.75) is 13.0 Å². The summed E-state index contributed by atoms with van der Waals surface area (Å²) in [6.07, 6.45) is 0. The zero-order valence-corrected chi connectivity index (χ0v) is 15.3. The molecule has 1 aliphatic heterocycles. The van der Waals surface area contributed by atoms with Crippen molar-refractivity contribution < 1.29 is 22.8 Å². The average Bonchev–Trinajstić information content (AvgIpc) is 2.70. The van der Waals surface area contributed by atoms with Gasteiger partial charge in [-0.15, -0.1) is 0 Å².